The number of hydrogen-bond donors (Lipinski definition) is 1. The monoisotopic (exact) mass is 273 g/mol. The number of halogens is 2. The fourth-order valence-corrected chi connectivity index (χ4v) is 1.62. The first-order valence-corrected chi connectivity index (χ1v) is 6.05. The Hall–Kier alpha value is -2.38. The highest BCUT2D eigenvalue weighted by Crippen LogP contribution is 2.20. The molecule has 0 unspecified atom stereocenters. The van der Waals surface area contributed by atoms with Gasteiger partial charge in [0.2, 0.25) is 0 Å². The largest absolute Gasteiger partial charge is 0.486 e. The maximum absolute atomic E-state index is 13.6. The van der Waals surface area contributed by atoms with Gasteiger partial charge in [0.25, 0.3) is 0 Å². The molecule has 0 fully saturated rings. The van der Waals surface area contributed by atoms with Crippen LogP contribution in [0.2, 0.25) is 0 Å². The second-order valence-corrected chi connectivity index (χ2v) is 4.03. The van der Waals surface area contributed by atoms with E-state index >= 15 is 0 Å². The van der Waals surface area contributed by atoms with Crippen LogP contribution in [0.5, 0.6) is 5.75 Å². The van der Waals surface area contributed by atoms with Crippen molar-refractivity contribution in [3.63, 3.8) is 0 Å². The average Bonchev–Trinajstić information content (AvgIpc) is 2.46. The standard InChI is InChI=1S/C16H13F2NO/c17-14-6-2-1-5-13(14)11-20-16-10-12(4-3-9-19)7-8-15(16)18/h1-2,5-8,10H,9,11,19H2. The van der Waals surface area contributed by atoms with Crippen molar-refractivity contribution in [2.45, 2.75) is 6.61 Å². The van der Waals surface area contributed by atoms with Crippen LogP contribution in [0.15, 0.2) is 42.5 Å². The Morgan fingerprint density at radius 1 is 1.05 bits per heavy atom. The van der Waals surface area contributed by atoms with Crippen molar-refractivity contribution in [1.29, 1.82) is 0 Å². The molecular weight excluding hydrogens is 260 g/mol. The van der Waals surface area contributed by atoms with E-state index in [1.54, 1.807) is 18.2 Å². The Labute approximate surface area is 116 Å². The van der Waals surface area contributed by atoms with Crippen LogP contribution in [0, 0.1) is 23.5 Å². The minimum Gasteiger partial charge on any atom is -0.486 e. The van der Waals surface area contributed by atoms with E-state index in [-0.39, 0.29) is 24.7 Å². The van der Waals surface area contributed by atoms with Gasteiger partial charge in [-0.25, -0.2) is 8.78 Å². The Kier molecular flexibility index (Phi) is 4.70. The number of benzene rings is 2. The third-order valence-corrected chi connectivity index (χ3v) is 2.61. The van der Waals surface area contributed by atoms with Gasteiger partial charge in [0.05, 0.1) is 6.54 Å². The molecule has 102 valence electrons. The normalized spacial score (nSPS) is 9.75. The number of rotatable bonds is 3. The van der Waals surface area contributed by atoms with E-state index in [2.05, 4.69) is 11.8 Å². The van der Waals surface area contributed by atoms with E-state index in [9.17, 15) is 8.78 Å². The van der Waals surface area contributed by atoms with Gasteiger partial charge in [-0.15, -0.1) is 0 Å². The average molecular weight is 273 g/mol. The highest BCUT2D eigenvalue weighted by atomic mass is 19.1. The molecule has 2 nitrogen and oxygen atoms in total. The molecule has 0 radical (unpaired) electrons. The van der Waals surface area contributed by atoms with Crippen molar-refractivity contribution in [3.05, 3.63) is 65.2 Å². The molecule has 0 aliphatic heterocycles. The fourth-order valence-electron chi connectivity index (χ4n) is 1.62. The van der Waals surface area contributed by atoms with Crippen LogP contribution >= 0.6 is 0 Å². The van der Waals surface area contributed by atoms with E-state index in [0.29, 0.717) is 11.1 Å². The van der Waals surface area contributed by atoms with Crippen LogP contribution in [0.25, 0.3) is 0 Å². The van der Waals surface area contributed by atoms with Gasteiger partial charge in [-0.2, -0.15) is 0 Å². The zero-order valence-corrected chi connectivity index (χ0v) is 10.7. The van der Waals surface area contributed by atoms with E-state index in [0.717, 1.165) is 0 Å². The Bertz CT molecular complexity index is 659. The van der Waals surface area contributed by atoms with Crippen molar-refractivity contribution >= 4 is 0 Å². The summed E-state index contributed by atoms with van der Waals surface area (Å²) in [5.41, 5.74) is 6.24. The summed E-state index contributed by atoms with van der Waals surface area (Å²) in [4.78, 5) is 0. The van der Waals surface area contributed by atoms with Crippen LogP contribution in [0.1, 0.15) is 11.1 Å². The van der Waals surface area contributed by atoms with Crippen molar-refractivity contribution < 1.29 is 13.5 Å². The van der Waals surface area contributed by atoms with Crippen LogP contribution in [0.3, 0.4) is 0 Å². The zero-order chi connectivity index (χ0) is 14.4. The summed E-state index contributed by atoms with van der Waals surface area (Å²) in [6.45, 7) is 0.181. The second-order valence-electron chi connectivity index (χ2n) is 4.03. The van der Waals surface area contributed by atoms with Crippen LogP contribution in [-0.2, 0) is 6.61 Å². The van der Waals surface area contributed by atoms with Crippen LogP contribution in [-0.4, -0.2) is 6.54 Å². The maximum Gasteiger partial charge on any atom is 0.165 e. The first-order chi connectivity index (χ1) is 9.70. The summed E-state index contributed by atoms with van der Waals surface area (Å²) in [5.74, 6) is 4.60. The lowest BCUT2D eigenvalue weighted by Crippen LogP contribution is -2.00. The van der Waals surface area contributed by atoms with Gasteiger partial charge < -0.3 is 10.5 Å². The minimum absolute atomic E-state index is 0.0390. The smallest absolute Gasteiger partial charge is 0.165 e. The van der Waals surface area contributed by atoms with Crippen molar-refractivity contribution in [2.75, 3.05) is 6.54 Å². The molecule has 0 aromatic heterocycles. The molecule has 2 rings (SSSR count). The molecule has 0 aliphatic carbocycles. The van der Waals surface area contributed by atoms with Gasteiger partial charge in [-0.05, 0) is 24.3 Å². The number of nitrogens with two attached hydrogens (primary N) is 1. The molecule has 0 saturated heterocycles. The highest BCUT2D eigenvalue weighted by molar-refractivity contribution is 5.40. The van der Waals surface area contributed by atoms with Crippen molar-refractivity contribution in [3.8, 4) is 17.6 Å². The predicted molar refractivity (Wildman–Crippen MR) is 73.1 cm³/mol. The molecule has 2 aromatic carbocycles. The van der Waals surface area contributed by atoms with Crippen LogP contribution < -0.4 is 10.5 Å². The topological polar surface area (TPSA) is 35.2 Å². The molecule has 2 N–H and O–H groups in total. The van der Waals surface area contributed by atoms with Crippen molar-refractivity contribution in [2.24, 2.45) is 5.73 Å². The quantitative estimate of drug-likeness (QED) is 0.873. The molecule has 0 amide bonds. The van der Waals surface area contributed by atoms with Crippen LogP contribution in [0.4, 0.5) is 8.78 Å². The van der Waals surface area contributed by atoms with E-state index in [1.807, 2.05) is 0 Å². The first-order valence-electron chi connectivity index (χ1n) is 6.05. The second kappa shape index (κ2) is 6.69. The molecule has 0 aliphatic rings. The fraction of sp³-hybridized carbons (Fsp3) is 0.125. The lowest BCUT2D eigenvalue weighted by atomic mass is 10.2. The Morgan fingerprint density at radius 3 is 2.60 bits per heavy atom. The van der Waals surface area contributed by atoms with Gasteiger partial charge in [0.15, 0.2) is 11.6 Å². The van der Waals surface area contributed by atoms with E-state index in [4.69, 9.17) is 10.5 Å². The number of ether oxygens (including phenoxy) is 1. The summed E-state index contributed by atoms with van der Waals surface area (Å²) in [6.07, 6.45) is 0. The molecular formula is C16H13F2NO. The SMILES string of the molecule is NCC#Cc1ccc(F)c(OCc2ccccc2F)c1. The third kappa shape index (κ3) is 3.56. The molecule has 0 saturated carbocycles. The first kappa shape index (κ1) is 14.0. The summed E-state index contributed by atoms with van der Waals surface area (Å²) in [6, 6.07) is 10.5. The zero-order valence-electron chi connectivity index (χ0n) is 10.7. The molecule has 2 aromatic rings. The summed E-state index contributed by atoms with van der Waals surface area (Å²) in [5, 5.41) is 0. The molecule has 0 atom stereocenters. The molecule has 20 heavy (non-hydrogen) atoms. The highest BCUT2D eigenvalue weighted by Gasteiger charge is 2.06. The van der Waals surface area contributed by atoms with Gasteiger partial charge in [0.1, 0.15) is 12.4 Å². The van der Waals surface area contributed by atoms with Gasteiger partial charge in [-0.1, -0.05) is 30.0 Å². The van der Waals surface area contributed by atoms with Crippen molar-refractivity contribution in [1.82, 2.24) is 0 Å². The van der Waals surface area contributed by atoms with Gasteiger partial charge >= 0.3 is 0 Å². The summed E-state index contributed by atoms with van der Waals surface area (Å²) in [7, 11) is 0. The maximum atomic E-state index is 13.6. The molecule has 4 heteroatoms. The predicted octanol–water partition coefficient (Wildman–Crippen LogP) is 2.85. The van der Waals surface area contributed by atoms with E-state index in [1.165, 1.54) is 24.3 Å². The van der Waals surface area contributed by atoms with E-state index < -0.39 is 5.82 Å². The van der Waals surface area contributed by atoms with Gasteiger partial charge in [0, 0.05) is 11.1 Å². The summed E-state index contributed by atoms with van der Waals surface area (Å²) >= 11 is 0. The molecule has 0 heterocycles. The Morgan fingerprint density at radius 2 is 1.85 bits per heavy atom. The lowest BCUT2D eigenvalue weighted by Gasteiger charge is -2.08. The summed E-state index contributed by atoms with van der Waals surface area (Å²) < 4.78 is 32.3. The molecule has 0 bridgehead atoms. The van der Waals surface area contributed by atoms with Gasteiger partial charge in [-0.3, -0.25) is 0 Å². The lowest BCUT2D eigenvalue weighted by molar-refractivity contribution is 0.284. The minimum atomic E-state index is -0.514. The molecule has 0 spiro atoms. The Balaban J connectivity index is 2.15. The third-order valence-electron chi connectivity index (χ3n) is 2.61. The number of hydrogen-bond acceptors (Lipinski definition) is 2.